The summed E-state index contributed by atoms with van der Waals surface area (Å²) in [5, 5.41) is 6.88. The van der Waals surface area contributed by atoms with E-state index in [4.69, 9.17) is 0 Å². The van der Waals surface area contributed by atoms with E-state index in [9.17, 15) is 13.6 Å². The molecule has 94 valence electrons. The van der Waals surface area contributed by atoms with Gasteiger partial charge in [0.2, 0.25) is 5.16 Å². The third-order valence-electron chi connectivity index (χ3n) is 2.06. The molecule has 1 aromatic heterocycles. The Kier molecular flexibility index (Phi) is 3.71. The van der Waals surface area contributed by atoms with Gasteiger partial charge in [-0.3, -0.25) is 9.89 Å². The second kappa shape index (κ2) is 5.26. The molecule has 2 rings (SSSR count). The van der Waals surface area contributed by atoms with Crippen molar-refractivity contribution < 1.29 is 13.6 Å². The third kappa shape index (κ3) is 2.92. The number of ketones is 1. The highest BCUT2D eigenvalue weighted by atomic mass is 32.2. The van der Waals surface area contributed by atoms with Crippen LogP contribution in [0.15, 0.2) is 23.4 Å². The second-order valence-electron chi connectivity index (χ2n) is 3.59. The molecule has 1 N–H and O–H groups in total. The van der Waals surface area contributed by atoms with Gasteiger partial charge in [-0.1, -0.05) is 11.8 Å². The lowest BCUT2D eigenvalue weighted by Crippen LogP contribution is -1.93. The minimum Gasteiger partial charge on any atom is -0.299 e. The fourth-order valence-electron chi connectivity index (χ4n) is 1.25. The Bertz CT molecular complexity index is 585. The maximum Gasteiger partial charge on any atom is 0.209 e. The van der Waals surface area contributed by atoms with Crippen LogP contribution < -0.4 is 0 Å². The van der Waals surface area contributed by atoms with E-state index in [0.717, 1.165) is 12.1 Å². The zero-order valence-corrected chi connectivity index (χ0v) is 10.2. The third-order valence-corrected chi connectivity index (χ3v) is 3.05. The van der Waals surface area contributed by atoms with Gasteiger partial charge in [-0.05, 0) is 25.1 Å². The summed E-state index contributed by atoms with van der Waals surface area (Å²) < 4.78 is 25.8. The zero-order chi connectivity index (χ0) is 13.1. The molecule has 0 atom stereocenters. The van der Waals surface area contributed by atoms with Crippen molar-refractivity contribution in [2.24, 2.45) is 0 Å². The van der Waals surface area contributed by atoms with E-state index < -0.39 is 11.6 Å². The number of nitrogens with zero attached hydrogens (tertiary/aromatic N) is 2. The lowest BCUT2D eigenvalue weighted by molar-refractivity contribution is -0.114. The monoisotopic (exact) mass is 269 g/mol. The quantitative estimate of drug-likeness (QED) is 0.866. The van der Waals surface area contributed by atoms with Crippen LogP contribution in [0.2, 0.25) is 0 Å². The summed E-state index contributed by atoms with van der Waals surface area (Å²) in [6.45, 7) is 1.47. The molecular formula is C11H9F2N3OS. The second-order valence-corrected chi connectivity index (χ2v) is 4.53. The average Bonchev–Trinajstić information content (AvgIpc) is 2.79. The smallest absolute Gasteiger partial charge is 0.209 e. The zero-order valence-electron chi connectivity index (χ0n) is 9.41. The normalized spacial score (nSPS) is 10.6. The number of halogens is 2. The van der Waals surface area contributed by atoms with Crippen LogP contribution in [0.1, 0.15) is 6.92 Å². The maximum absolute atomic E-state index is 13.0. The Morgan fingerprint density at radius 3 is 2.83 bits per heavy atom. The fraction of sp³-hybridized carbons (Fsp3) is 0.182. The molecule has 0 aliphatic heterocycles. The van der Waals surface area contributed by atoms with Crippen molar-refractivity contribution >= 4 is 17.5 Å². The first kappa shape index (κ1) is 12.7. The standard InChI is InChI=1S/C11H9F2N3OS/c1-6(17)5-18-11-14-10(15-16-11)7-2-3-8(12)9(13)4-7/h2-4H,5H2,1H3,(H,14,15,16). The highest BCUT2D eigenvalue weighted by molar-refractivity contribution is 7.99. The van der Waals surface area contributed by atoms with Crippen LogP contribution in [-0.4, -0.2) is 26.7 Å². The number of hydrogen-bond acceptors (Lipinski definition) is 4. The van der Waals surface area contributed by atoms with Crippen molar-refractivity contribution in [1.29, 1.82) is 0 Å². The molecule has 4 nitrogen and oxygen atoms in total. The number of carbonyl (C=O) groups excluding carboxylic acids is 1. The first-order valence-electron chi connectivity index (χ1n) is 5.06. The van der Waals surface area contributed by atoms with Crippen LogP contribution >= 0.6 is 11.8 Å². The van der Waals surface area contributed by atoms with Crippen LogP contribution in [0, 0.1) is 11.6 Å². The Morgan fingerprint density at radius 2 is 2.17 bits per heavy atom. The summed E-state index contributed by atoms with van der Waals surface area (Å²) in [6, 6.07) is 3.46. The summed E-state index contributed by atoms with van der Waals surface area (Å²) in [4.78, 5) is 14.9. The number of H-pyrrole nitrogens is 1. The number of carbonyl (C=O) groups is 1. The molecule has 0 saturated carbocycles. The number of aromatic nitrogens is 3. The van der Waals surface area contributed by atoms with Crippen molar-refractivity contribution in [2.45, 2.75) is 12.1 Å². The molecule has 0 aliphatic rings. The highest BCUT2D eigenvalue weighted by Crippen LogP contribution is 2.20. The lowest BCUT2D eigenvalue weighted by atomic mass is 10.2. The number of thioether (sulfide) groups is 1. The predicted molar refractivity (Wildman–Crippen MR) is 63.1 cm³/mol. The van der Waals surface area contributed by atoms with Gasteiger partial charge in [-0.2, -0.15) is 0 Å². The first-order valence-corrected chi connectivity index (χ1v) is 6.05. The van der Waals surface area contributed by atoms with Crippen LogP contribution in [0.4, 0.5) is 8.78 Å². The molecule has 1 aromatic carbocycles. The number of benzene rings is 1. The van der Waals surface area contributed by atoms with Crippen molar-refractivity contribution in [3.63, 3.8) is 0 Å². The summed E-state index contributed by atoms with van der Waals surface area (Å²) in [6.07, 6.45) is 0. The van der Waals surface area contributed by atoms with E-state index in [0.29, 0.717) is 16.5 Å². The minimum absolute atomic E-state index is 0.0131. The van der Waals surface area contributed by atoms with Gasteiger partial charge in [0.25, 0.3) is 0 Å². The largest absolute Gasteiger partial charge is 0.299 e. The average molecular weight is 269 g/mol. The topological polar surface area (TPSA) is 58.6 Å². The molecule has 0 amide bonds. The van der Waals surface area contributed by atoms with Crippen LogP contribution in [0.3, 0.4) is 0 Å². The van der Waals surface area contributed by atoms with E-state index in [1.807, 2.05) is 0 Å². The molecule has 18 heavy (non-hydrogen) atoms. The van der Waals surface area contributed by atoms with E-state index >= 15 is 0 Å². The van der Waals surface area contributed by atoms with Crippen LogP contribution in [0.25, 0.3) is 11.4 Å². The Balaban J connectivity index is 2.18. The molecule has 0 radical (unpaired) electrons. The fourth-order valence-corrected chi connectivity index (χ4v) is 1.85. The number of nitrogens with one attached hydrogen (secondary N) is 1. The minimum atomic E-state index is -0.943. The Morgan fingerprint density at radius 1 is 1.39 bits per heavy atom. The molecular weight excluding hydrogens is 260 g/mol. The molecule has 0 saturated heterocycles. The molecule has 2 aromatic rings. The van der Waals surface area contributed by atoms with Crippen molar-refractivity contribution in [1.82, 2.24) is 15.2 Å². The van der Waals surface area contributed by atoms with Crippen molar-refractivity contribution in [2.75, 3.05) is 5.75 Å². The SMILES string of the molecule is CC(=O)CSc1n[nH]c(-c2ccc(F)c(F)c2)n1. The Labute approximate surface area is 106 Å². The van der Waals surface area contributed by atoms with Crippen LogP contribution in [0.5, 0.6) is 0 Å². The predicted octanol–water partition coefficient (Wildman–Crippen LogP) is 2.43. The summed E-state index contributed by atoms with van der Waals surface area (Å²) in [7, 11) is 0. The van der Waals surface area contributed by atoms with Gasteiger partial charge in [0.15, 0.2) is 17.5 Å². The van der Waals surface area contributed by atoms with E-state index in [1.54, 1.807) is 0 Å². The number of hydrogen-bond donors (Lipinski definition) is 1. The highest BCUT2D eigenvalue weighted by Gasteiger charge is 2.09. The summed E-state index contributed by atoms with van der Waals surface area (Å²) in [5.74, 6) is -1.24. The van der Waals surface area contributed by atoms with Gasteiger partial charge in [0.05, 0.1) is 5.75 Å². The van der Waals surface area contributed by atoms with E-state index in [1.165, 1.54) is 24.8 Å². The van der Waals surface area contributed by atoms with Gasteiger partial charge in [0, 0.05) is 5.56 Å². The van der Waals surface area contributed by atoms with Gasteiger partial charge in [-0.25, -0.2) is 13.8 Å². The van der Waals surface area contributed by atoms with E-state index in [-0.39, 0.29) is 11.5 Å². The maximum atomic E-state index is 13.0. The Hall–Kier alpha value is -1.76. The number of rotatable bonds is 4. The molecule has 1 heterocycles. The van der Waals surface area contributed by atoms with Gasteiger partial charge in [0.1, 0.15) is 5.78 Å². The summed E-state index contributed by atoms with van der Waals surface area (Å²) >= 11 is 1.18. The first-order chi connectivity index (χ1) is 8.56. The number of aromatic amines is 1. The van der Waals surface area contributed by atoms with Gasteiger partial charge in [-0.15, -0.1) is 5.10 Å². The van der Waals surface area contributed by atoms with Crippen LogP contribution in [-0.2, 0) is 4.79 Å². The number of Topliss-reactive ketones (excluding diaryl/α,β-unsaturated/α-hetero) is 1. The molecule has 7 heteroatoms. The molecule has 0 bridgehead atoms. The molecule has 0 aliphatic carbocycles. The molecule has 0 fully saturated rings. The molecule has 0 unspecified atom stereocenters. The van der Waals surface area contributed by atoms with Crippen molar-refractivity contribution in [3.05, 3.63) is 29.8 Å². The van der Waals surface area contributed by atoms with Gasteiger partial charge < -0.3 is 0 Å². The van der Waals surface area contributed by atoms with Gasteiger partial charge >= 0.3 is 0 Å². The van der Waals surface area contributed by atoms with E-state index in [2.05, 4.69) is 15.2 Å². The van der Waals surface area contributed by atoms with Crippen molar-refractivity contribution in [3.8, 4) is 11.4 Å². The summed E-state index contributed by atoms with van der Waals surface area (Å²) in [5.41, 5.74) is 0.399. The lowest BCUT2D eigenvalue weighted by Gasteiger charge is -1.96. The molecule has 0 spiro atoms.